The number of furan rings is 1. The Morgan fingerprint density at radius 1 is 1.27 bits per heavy atom. The molecule has 0 spiro atoms. The zero-order valence-corrected chi connectivity index (χ0v) is 9.36. The molecule has 0 saturated heterocycles. The zero-order chi connectivity index (χ0) is 10.7. The highest BCUT2D eigenvalue weighted by Crippen LogP contribution is 2.20. The quantitative estimate of drug-likeness (QED) is 0.759. The molecule has 2 rings (SSSR count). The van der Waals surface area contributed by atoms with E-state index in [0.717, 1.165) is 25.1 Å². The molecule has 0 saturated carbocycles. The van der Waals surface area contributed by atoms with Crippen LogP contribution in [-0.4, -0.2) is 25.0 Å². The first kappa shape index (κ1) is 10.2. The van der Waals surface area contributed by atoms with Crippen LogP contribution in [0.5, 0.6) is 0 Å². The van der Waals surface area contributed by atoms with E-state index in [2.05, 4.69) is 31.0 Å². The average Bonchev–Trinajstić information content (AvgIpc) is 2.69. The summed E-state index contributed by atoms with van der Waals surface area (Å²) in [4.78, 5) is 2.31. The Hall–Kier alpha value is -1.28. The van der Waals surface area contributed by atoms with E-state index in [1.807, 2.05) is 18.4 Å². The number of rotatable bonds is 4. The lowest BCUT2D eigenvalue weighted by Crippen LogP contribution is -2.20. The highest BCUT2D eigenvalue weighted by molar-refractivity contribution is 5.80. The van der Waals surface area contributed by atoms with Gasteiger partial charge in [-0.3, -0.25) is 0 Å². The lowest BCUT2D eigenvalue weighted by molar-refractivity contribution is 0.357. The van der Waals surface area contributed by atoms with Crippen molar-refractivity contribution in [1.29, 1.82) is 0 Å². The minimum absolute atomic E-state index is 0.992. The number of nitrogens with zero attached hydrogens (tertiary/aromatic N) is 1. The second kappa shape index (κ2) is 4.49. The van der Waals surface area contributed by atoms with E-state index in [1.54, 1.807) is 0 Å². The SMILES string of the molecule is CCN(C)CCc1coc2ccccc12. The first-order valence-electron chi connectivity index (χ1n) is 5.45. The molecule has 1 heterocycles. The van der Waals surface area contributed by atoms with Crippen molar-refractivity contribution < 1.29 is 4.42 Å². The highest BCUT2D eigenvalue weighted by atomic mass is 16.3. The molecule has 1 aromatic carbocycles. The maximum absolute atomic E-state index is 5.50. The topological polar surface area (TPSA) is 16.4 Å². The monoisotopic (exact) mass is 203 g/mol. The Morgan fingerprint density at radius 3 is 2.87 bits per heavy atom. The van der Waals surface area contributed by atoms with Crippen molar-refractivity contribution in [3.05, 3.63) is 36.1 Å². The Bertz CT molecular complexity index is 433. The highest BCUT2D eigenvalue weighted by Gasteiger charge is 2.05. The van der Waals surface area contributed by atoms with Gasteiger partial charge in [0.1, 0.15) is 5.58 Å². The van der Waals surface area contributed by atoms with Crippen molar-refractivity contribution in [3.63, 3.8) is 0 Å². The standard InChI is InChI=1S/C13H17NO/c1-3-14(2)9-8-11-10-15-13-7-5-4-6-12(11)13/h4-7,10H,3,8-9H2,1-2H3. The second-order valence-corrected chi connectivity index (χ2v) is 3.90. The van der Waals surface area contributed by atoms with Gasteiger partial charge < -0.3 is 9.32 Å². The van der Waals surface area contributed by atoms with Crippen LogP contribution < -0.4 is 0 Å². The molecule has 0 aliphatic rings. The fraction of sp³-hybridized carbons (Fsp3) is 0.385. The lowest BCUT2D eigenvalue weighted by atomic mass is 10.1. The van der Waals surface area contributed by atoms with E-state index in [0.29, 0.717) is 0 Å². The molecule has 0 atom stereocenters. The molecule has 1 aromatic heterocycles. The van der Waals surface area contributed by atoms with Gasteiger partial charge in [0.25, 0.3) is 0 Å². The maximum Gasteiger partial charge on any atom is 0.134 e. The summed E-state index contributed by atoms with van der Waals surface area (Å²) >= 11 is 0. The summed E-state index contributed by atoms with van der Waals surface area (Å²) in [7, 11) is 2.14. The summed E-state index contributed by atoms with van der Waals surface area (Å²) in [6.07, 6.45) is 2.94. The van der Waals surface area contributed by atoms with E-state index >= 15 is 0 Å². The van der Waals surface area contributed by atoms with Crippen molar-refractivity contribution >= 4 is 11.0 Å². The molecule has 0 unspecified atom stereocenters. The fourth-order valence-electron chi connectivity index (χ4n) is 1.70. The van der Waals surface area contributed by atoms with Gasteiger partial charge in [0.15, 0.2) is 0 Å². The molecule has 2 heteroatoms. The van der Waals surface area contributed by atoms with Crippen LogP contribution in [0.15, 0.2) is 34.9 Å². The molecule has 2 nitrogen and oxygen atoms in total. The van der Waals surface area contributed by atoms with Crippen molar-refractivity contribution in [2.75, 3.05) is 20.1 Å². The molecule has 0 aliphatic carbocycles. The van der Waals surface area contributed by atoms with Gasteiger partial charge in [-0.15, -0.1) is 0 Å². The van der Waals surface area contributed by atoms with Crippen LogP contribution >= 0.6 is 0 Å². The van der Waals surface area contributed by atoms with E-state index in [4.69, 9.17) is 4.42 Å². The average molecular weight is 203 g/mol. The summed E-state index contributed by atoms with van der Waals surface area (Å²) < 4.78 is 5.50. The van der Waals surface area contributed by atoms with Crippen LogP contribution in [0.4, 0.5) is 0 Å². The van der Waals surface area contributed by atoms with Crippen molar-refractivity contribution in [2.24, 2.45) is 0 Å². The third kappa shape index (κ3) is 2.21. The van der Waals surface area contributed by atoms with Gasteiger partial charge in [-0.25, -0.2) is 0 Å². The summed E-state index contributed by atoms with van der Waals surface area (Å²) in [5, 5.41) is 1.25. The molecule has 0 fully saturated rings. The van der Waals surface area contributed by atoms with Gasteiger partial charge in [0, 0.05) is 11.9 Å². The molecular formula is C13H17NO. The van der Waals surface area contributed by atoms with Crippen LogP contribution in [0.3, 0.4) is 0 Å². The fourth-order valence-corrected chi connectivity index (χ4v) is 1.70. The molecule has 0 N–H and O–H groups in total. The molecule has 15 heavy (non-hydrogen) atoms. The number of benzene rings is 1. The normalized spacial score (nSPS) is 11.4. The third-order valence-corrected chi connectivity index (χ3v) is 2.86. The van der Waals surface area contributed by atoms with Crippen LogP contribution in [0.1, 0.15) is 12.5 Å². The molecule has 2 aromatic rings. The van der Waals surface area contributed by atoms with Gasteiger partial charge in [0.05, 0.1) is 6.26 Å². The predicted molar refractivity (Wildman–Crippen MR) is 63.1 cm³/mol. The van der Waals surface area contributed by atoms with Crippen molar-refractivity contribution in [1.82, 2.24) is 4.90 Å². The molecular weight excluding hydrogens is 186 g/mol. The Balaban J connectivity index is 2.14. The number of para-hydroxylation sites is 1. The Labute approximate surface area is 90.5 Å². The Kier molecular flexibility index (Phi) is 3.07. The van der Waals surface area contributed by atoms with Crippen molar-refractivity contribution in [2.45, 2.75) is 13.3 Å². The van der Waals surface area contributed by atoms with E-state index in [9.17, 15) is 0 Å². The number of fused-ring (bicyclic) bond motifs is 1. The van der Waals surface area contributed by atoms with Gasteiger partial charge in [-0.1, -0.05) is 25.1 Å². The molecule has 0 aliphatic heterocycles. The van der Waals surface area contributed by atoms with Crippen LogP contribution in [-0.2, 0) is 6.42 Å². The summed E-state index contributed by atoms with van der Waals surface area (Å²) in [6.45, 7) is 4.35. The first-order chi connectivity index (χ1) is 7.31. The van der Waals surface area contributed by atoms with Gasteiger partial charge in [-0.05, 0) is 31.6 Å². The maximum atomic E-state index is 5.50. The summed E-state index contributed by atoms with van der Waals surface area (Å²) in [6, 6.07) is 8.21. The van der Waals surface area contributed by atoms with Crippen LogP contribution in [0.25, 0.3) is 11.0 Å². The lowest BCUT2D eigenvalue weighted by Gasteiger charge is -2.12. The van der Waals surface area contributed by atoms with Gasteiger partial charge >= 0.3 is 0 Å². The van der Waals surface area contributed by atoms with Gasteiger partial charge in [0.2, 0.25) is 0 Å². The zero-order valence-electron chi connectivity index (χ0n) is 9.36. The van der Waals surface area contributed by atoms with Crippen molar-refractivity contribution in [3.8, 4) is 0 Å². The minimum atomic E-state index is 0.992. The second-order valence-electron chi connectivity index (χ2n) is 3.90. The first-order valence-corrected chi connectivity index (χ1v) is 5.45. The van der Waals surface area contributed by atoms with E-state index in [-0.39, 0.29) is 0 Å². The van der Waals surface area contributed by atoms with E-state index in [1.165, 1.54) is 10.9 Å². The van der Waals surface area contributed by atoms with Crippen LogP contribution in [0, 0.1) is 0 Å². The molecule has 0 bridgehead atoms. The number of likely N-dealkylation sites (N-methyl/N-ethyl adjacent to an activating group) is 1. The largest absolute Gasteiger partial charge is 0.464 e. The van der Waals surface area contributed by atoms with Crippen LogP contribution in [0.2, 0.25) is 0 Å². The Morgan fingerprint density at radius 2 is 2.07 bits per heavy atom. The number of hydrogen-bond donors (Lipinski definition) is 0. The summed E-state index contributed by atoms with van der Waals surface area (Å²) in [5.41, 5.74) is 2.30. The summed E-state index contributed by atoms with van der Waals surface area (Å²) in [5.74, 6) is 0. The van der Waals surface area contributed by atoms with E-state index < -0.39 is 0 Å². The predicted octanol–water partition coefficient (Wildman–Crippen LogP) is 2.93. The van der Waals surface area contributed by atoms with Gasteiger partial charge in [-0.2, -0.15) is 0 Å². The molecule has 0 amide bonds. The minimum Gasteiger partial charge on any atom is -0.464 e. The smallest absolute Gasteiger partial charge is 0.134 e. The third-order valence-electron chi connectivity index (χ3n) is 2.86. The molecule has 0 radical (unpaired) electrons. The number of hydrogen-bond acceptors (Lipinski definition) is 2. The molecule has 80 valence electrons.